The summed E-state index contributed by atoms with van der Waals surface area (Å²) in [7, 11) is 0. The Morgan fingerprint density at radius 2 is 2.06 bits per heavy atom. The summed E-state index contributed by atoms with van der Waals surface area (Å²) in [4.78, 5) is 8.16. The number of rotatable bonds is 4. The van der Waals surface area contributed by atoms with Gasteiger partial charge in [-0.05, 0) is 25.2 Å². The summed E-state index contributed by atoms with van der Waals surface area (Å²) >= 11 is 6.02. The molecule has 17 heavy (non-hydrogen) atoms. The van der Waals surface area contributed by atoms with Crippen molar-refractivity contribution in [1.29, 1.82) is 0 Å². The standard InChI is InChI=1S/C13H19ClN2O/c1-2-11-12(14)15-9-16-13(11)17-8-10-6-4-3-5-7-10/h9-10H,2-8H2,1H3. The summed E-state index contributed by atoms with van der Waals surface area (Å²) in [6.45, 7) is 2.80. The molecule has 0 spiro atoms. The third kappa shape index (κ3) is 3.32. The van der Waals surface area contributed by atoms with Gasteiger partial charge in [0.15, 0.2) is 0 Å². The average Bonchev–Trinajstić information content (AvgIpc) is 2.37. The van der Waals surface area contributed by atoms with E-state index in [4.69, 9.17) is 16.3 Å². The van der Waals surface area contributed by atoms with Gasteiger partial charge in [0.05, 0.1) is 12.2 Å². The molecule has 1 aliphatic carbocycles. The molecule has 0 aliphatic heterocycles. The topological polar surface area (TPSA) is 35.0 Å². The fourth-order valence-electron chi connectivity index (χ4n) is 2.35. The van der Waals surface area contributed by atoms with Crippen molar-refractivity contribution in [2.75, 3.05) is 6.61 Å². The van der Waals surface area contributed by atoms with Crippen LogP contribution in [0.2, 0.25) is 5.15 Å². The summed E-state index contributed by atoms with van der Waals surface area (Å²) in [5, 5.41) is 0.515. The Bertz CT molecular complexity index is 364. The number of hydrogen-bond donors (Lipinski definition) is 0. The van der Waals surface area contributed by atoms with Crippen LogP contribution < -0.4 is 4.74 Å². The van der Waals surface area contributed by atoms with Gasteiger partial charge in [0.25, 0.3) is 0 Å². The average molecular weight is 255 g/mol. The summed E-state index contributed by atoms with van der Waals surface area (Å²) in [6.07, 6.45) is 8.87. The molecule has 2 rings (SSSR count). The lowest BCUT2D eigenvalue weighted by Gasteiger charge is -2.21. The lowest BCUT2D eigenvalue weighted by Crippen LogP contribution is -2.16. The Labute approximate surface area is 108 Å². The maximum Gasteiger partial charge on any atom is 0.221 e. The van der Waals surface area contributed by atoms with Crippen molar-refractivity contribution in [1.82, 2.24) is 9.97 Å². The molecule has 0 radical (unpaired) electrons. The molecule has 0 amide bonds. The molecular weight excluding hydrogens is 236 g/mol. The second kappa shape index (κ2) is 6.20. The number of nitrogens with zero attached hydrogens (tertiary/aromatic N) is 2. The van der Waals surface area contributed by atoms with E-state index in [1.165, 1.54) is 38.4 Å². The Morgan fingerprint density at radius 1 is 1.29 bits per heavy atom. The van der Waals surface area contributed by atoms with E-state index in [0.29, 0.717) is 17.0 Å². The third-order valence-corrected chi connectivity index (χ3v) is 3.71. The Hall–Kier alpha value is -0.830. The fraction of sp³-hybridized carbons (Fsp3) is 0.692. The molecule has 0 bridgehead atoms. The highest BCUT2D eigenvalue weighted by atomic mass is 35.5. The lowest BCUT2D eigenvalue weighted by atomic mass is 9.90. The second-order valence-electron chi connectivity index (χ2n) is 4.62. The molecule has 1 saturated carbocycles. The van der Waals surface area contributed by atoms with Crippen LogP contribution in [0.3, 0.4) is 0 Å². The Kier molecular flexibility index (Phi) is 4.60. The van der Waals surface area contributed by atoms with Crippen molar-refractivity contribution in [3.8, 4) is 5.88 Å². The largest absolute Gasteiger partial charge is 0.477 e. The first-order chi connectivity index (χ1) is 8.31. The first kappa shape index (κ1) is 12.6. The van der Waals surface area contributed by atoms with Gasteiger partial charge in [0.1, 0.15) is 11.5 Å². The normalized spacial score (nSPS) is 17.1. The molecule has 0 saturated heterocycles. The molecule has 1 aliphatic rings. The third-order valence-electron chi connectivity index (χ3n) is 3.39. The summed E-state index contributed by atoms with van der Waals surface area (Å²) in [5.41, 5.74) is 0.921. The fourth-order valence-corrected chi connectivity index (χ4v) is 2.61. The van der Waals surface area contributed by atoms with Crippen molar-refractivity contribution in [2.24, 2.45) is 5.92 Å². The molecule has 4 heteroatoms. The molecule has 0 atom stereocenters. The number of aromatic nitrogens is 2. The van der Waals surface area contributed by atoms with Crippen LogP contribution in [0.5, 0.6) is 5.88 Å². The highest BCUT2D eigenvalue weighted by Crippen LogP contribution is 2.26. The monoisotopic (exact) mass is 254 g/mol. The van der Waals surface area contributed by atoms with E-state index in [1.807, 2.05) is 6.92 Å². The molecule has 1 aromatic heterocycles. The number of hydrogen-bond acceptors (Lipinski definition) is 3. The van der Waals surface area contributed by atoms with Crippen LogP contribution in [-0.2, 0) is 6.42 Å². The van der Waals surface area contributed by atoms with E-state index in [0.717, 1.165) is 18.6 Å². The van der Waals surface area contributed by atoms with E-state index in [1.54, 1.807) is 0 Å². The van der Waals surface area contributed by atoms with E-state index in [9.17, 15) is 0 Å². The minimum Gasteiger partial charge on any atom is -0.477 e. The minimum atomic E-state index is 0.515. The maximum absolute atomic E-state index is 6.02. The predicted molar refractivity (Wildman–Crippen MR) is 68.5 cm³/mol. The molecule has 1 fully saturated rings. The van der Waals surface area contributed by atoms with E-state index in [-0.39, 0.29) is 0 Å². The zero-order valence-electron chi connectivity index (χ0n) is 10.3. The van der Waals surface area contributed by atoms with Crippen LogP contribution >= 0.6 is 11.6 Å². The molecule has 3 nitrogen and oxygen atoms in total. The van der Waals surface area contributed by atoms with Crippen molar-refractivity contribution < 1.29 is 4.74 Å². The molecule has 0 N–H and O–H groups in total. The van der Waals surface area contributed by atoms with Crippen molar-refractivity contribution in [3.05, 3.63) is 17.0 Å². The quantitative estimate of drug-likeness (QED) is 0.770. The van der Waals surface area contributed by atoms with E-state index in [2.05, 4.69) is 9.97 Å². The van der Waals surface area contributed by atoms with Gasteiger partial charge in [0.2, 0.25) is 5.88 Å². The highest BCUT2D eigenvalue weighted by molar-refractivity contribution is 6.30. The summed E-state index contributed by atoms with van der Waals surface area (Å²) < 4.78 is 5.81. The van der Waals surface area contributed by atoms with Gasteiger partial charge in [-0.2, -0.15) is 0 Å². The molecular formula is C13H19ClN2O. The lowest BCUT2D eigenvalue weighted by molar-refractivity contribution is 0.201. The van der Waals surface area contributed by atoms with Crippen LogP contribution in [-0.4, -0.2) is 16.6 Å². The number of halogens is 1. The smallest absolute Gasteiger partial charge is 0.221 e. The van der Waals surface area contributed by atoms with Crippen molar-refractivity contribution in [3.63, 3.8) is 0 Å². The molecule has 0 aromatic carbocycles. The Morgan fingerprint density at radius 3 is 2.76 bits per heavy atom. The molecule has 1 aromatic rings. The van der Waals surface area contributed by atoms with Crippen molar-refractivity contribution >= 4 is 11.6 Å². The SMILES string of the molecule is CCc1c(Cl)ncnc1OCC1CCCCC1. The highest BCUT2D eigenvalue weighted by Gasteiger charge is 2.16. The zero-order valence-corrected chi connectivity index (χ0v) is 11.0. The molecule has 94 valence electrons. The zero-order chi connectivity index (χ0) is 12.1. The van der Waals surface area contributed by atoms with Crippen LogP contribution in [0.4, 0.5) is 0 Å². The predicted octanol–water partition coefficient (Wildman–Crippen LogP) is 3.65. The van der Waals surface area contributed by atoms with Gasteiger partial charge in [-0.3, -0.25) is 0 Å². The molecule has 0 unspecified atom stereocenters. The van der Waals surface area contributed by atoms with E-state index >= 15 is 0 Å². The van der Waals surface area contributed by atoms with E-state index < -0.39 is 0 Å². The van der Waals surface area contributed by atoms with Gasteiger partial charge in [-0.15, -0.1) is 0 Å². The number of ether oxygens (including phenoxy) is 1. The van der Waals surface area contributed by atoms with Crippen molar-refractivity contribution in [2.45, 2.75) is 45.4 Å². The van der Waals surface area contributed by atoms with Gasteiger partial charge in [0, 0.05) is 0 Å². The van der Waals surface area contributed by atoms with Crippen LogP contribution in [0.15, 0.2) is 6.33 Å². The summed E-state index contributed by atoms with van der Waals surface area (Å²) in [5.74, 6) is 1.35. The van der Waals surface area contributed by atoms with Gasteiger partial charge in [-0.25, -0.2) is 9.97 Å². The maximum atomic E-state index is 6.02. The second-order valence-corrected chi connectivity index (χ2v) is 4.97. The first-order valence-corrected chi connectivity index (χ1v) is 6.81. The van der Waals surface area contributed by atoms with Gasteiger partial charge in [-0.1, -0.05) is 37.8 Å². The van der Waals surface area contributed by atoms with Gasteiger partial charge < -0.3 is 4.74 Å². The summed E-state index contributed by atoms with van der Waals surface area (Å²) in [6, 6.07) is 0. The first-order valence-electron chi connectivity index (χ1n) is 6.43. The minimum absolute atomic E-state index is 0.515. The molecule has 1 heterocycles. The van der Waals surface area contributed by atoms with Crippen LogP contribution in [0.1, 0.15) is 44.6 Å². The van der Waals surface area contributed by atoms with Gasteiger partial charge >= 0.3 is 0 Å². The Balaban J connectivity index is 1.95. The van der Waals surface area contributed by atoms with Crippen LogP contribution in [0, 0.1) is 5.92 Å². The van der Waals surface area contributed by atoms with Crippen LogP contribution in [0.25, 0.3) is 0 Å².